The number of hydrogen-bond acceptors (Lipinski definition) is 2. The van der Waals surface area contributed by atoms with Crippen molar-refractivity contribution in [2.45, 2.75) is 27.2 Å². The van der Waals surface area contributed by atoms with E-state index in [1.165, 1.54) is 5.57 Å². The molecule has 4 nitrogen and oxygen atoms in total. The van der Waals surface area contributed by atoms with Crippen LogP contribution in [0.2, 0.25) is 0 Å². The van der Waals surface area contributed by atoms with Crippen LogP contribution in [0.1, 0.15) is 27.2 Å². The molecular weight excluding hydrogens is 188 g/mol. The number of guanidine groups is 1. The van der Waals surface area contributed by atoms with Crippen molar-refractivity contribution in [3.05, 3.63) is 11.6 Å². The molecule has 0 amide bonds. The van der Waals surface area contributed by atoms with Crippen molar-refractivity contribution in [2.24, 2.45) is 39.4 Å². The molecule has 3 atom stereocenters. The van der Waals surface area contributed by atoms with Gasteiger partial charge in [-0.05, 0) is 25.2 Å². The van der Waals surface area contributed by atoms with Crippen LogP contribution in [0.3, 0.4) is 0 Å². The zero-order valence-corrected chi connectivity index (χ0v) is 9.64. The Labute approximate surface area is 91.1 Å². The zero-order chi connectivity index (χ0) is 11.4. The summed E-state index contributed by atoms with van der Waals surface area (Å²) < 4.78 is 0. The summed E-state index contributed by atoms with van der Waals surface area (Å²) in [7, 11) is 0. The maximum atomic E-state index is 5.20. The maximum absolute atomic E-state index is 5.20. The van der Waals surface area contributed by atoms with E-state index >= 15 is 0 Å². The van der Waals surface area contributed by atoms with Crippen LogP contribution in [-0.4, -0.2) is 12.2 Å². The van der Waals surface area contributed by atoms with Crippen LogP contribution in [-0.2, 0) is 0 Å². The highest BCUT2D eigenvalue weighted by Crippen LogP contribution is 2.32. The van der Waals surface area contributed by atoms with E-state index in [1.54, 1.807) is 0 Å². The van der Waals surface area contributed by atoms with Gasteiger partial charge in [0, 0.05) is 12.1 Å². The van der Waals surface area contributed by atoms with Gasteiger partial charge in [0.05, 0.1) is 0 Å². The molecule has 1 aliphatic carbocycles. The lowest BCUT2D eigenvalue weighted by molar-refractivity contribution is 0.362. The van der Waals surface area contributed by atoms with Gasteiger partial charge in [-0.2, -0.15) is 5.10 Å². The third-order valence-electron chi connectivity index (χ3n) is 2.87. The van der Waals surface area contributed by atoms with Crippen molar-refractivity contribution in [1.82, 2.24) is 0 Å². The largest absolute Gasteiger partial charge is 0.369 e. The van der Waals surface area contributed by atoms with Crippen LogP contribution in [0, 0.1) is 17.8 Å². The van der Waals surface area contributed by atoms with Crippen LogP contribution in [0.25, 0.3) is 0 Å². The molecule has 0 bridgehead atoms. The van der Waals surface area contributed by atoms with Gasteiger partial charge in [-0.15, -0.1) is 5.10 Å². The van der Waals surface area contributed by atoms with Gasteiger partial charge in [0.1, 0.15) is 0 Å². The second-order valence-electron chi connectivity index (χ2n) is 4.42. The standard InChI is InChI=1S/C11H20N4/c1-7-4-8(2)10(9(3)5-7)6-14-15-11(12)13/h4,6,8-10H,5H2,1-3H3,(H4,12,13,15)/b14-6-/t8-,9-,10+/m1/s1. The van der Waals surface area contributed by atoms with Crippen LogP contribution < -0.4 is 11.5 Å². The minimum atomic E-state index is 0.00842. The third kappa shape index (κ3) is 3.38. The quantitative estimate of drug-likeness (QED) is 0.312. The lowest BCUT2D eigenvalue weighted by Gasteiger charge is -2.29. The summed E-state index contributed by atoms with van der Waals surface area (Å²) in [4.78, 5) is 0. The first kappa shape index (κ1) is 11.8. The molecule has 1 aliphatic rings. The molecule has 0 aromatic rings. The van der Waals surface area contributed by atoms with E-state index in [2.05, 4.69) is 37.1 Å². The van der Waals surface area contributed by atoms with Crippen LogP contribution >= 0.6 is 0 Å². The van der Waals surface area contributed by atoms with E-state index in [-0.39, 0.29) is 5.96 Å². The Morgan fingerprint density at radius 1 is 1.47 bits per heavy atom. The number of hydrogen-bond donors (Lipinski definition) is 2. The van der Waals surface area contributed by atoms with E-state index in [1.807, 2.05) is 6.21 Å². The first-order valence-electron chi connectivity index (χ1n) is 5.30. The van der Waals surface area contributed by atoms with Crippen molar-refractivity contribution in [2.75, 3.05) is 0 Å². The van der Waals surface area contributed by atoms with Crippen molar-refractivity contribution in [3.8, 4) is 0 Å². The number of allylic oxidation sites excluding steroid dienone is 2. The van der Waals surface area contributed by atoms with Gasteiger partial charge >= 0.3 is 0 Å². The van der Waals surface area contributed by atoms with Gasteiger partial charge in [0.25, 0.3) is 0 Å². The van der Waals surface area contributed by atoms with Crippen molar-refractivity contribution < 1.29 is 0 Å². The molecule has 15 heavy (non-hydrogen) atoms. The first-order chi connectivity index (χ1) is 7.00. The van der Waals surface area contributed by atoms with E-state index in [0.29, 0.717) is 17.8 Å². The Kier molecular flexibility index (Phi) is 3.88. The minimum Gasteiger partial charge on any atom is -0.369 e. The Hall–Kier alpha value is -1.32. The molecule has 0 aliphatic heterocycles. The van der Waals surface area contributed by atoms with Gasteiger partial charge in [0.2, 0.25) is 5.96 Å². The molecule has 0 unspecified atom stereocenters. The highest BCUT2D eigenvalue weighted by atomic mass is 15.3. The Bertz CT molecular complexity index is 300. The summed E-state index contributed by atoms with van der Waals surface area (Å²) in [5.41, 5.74) is 11.9. The second kappa shape index (κ2) is 4.96. The van der Waals surface area contributed by atoms with E-state index < -0.39 is 0 Å². The van der Waals surface area contributed by atoms with Gasteiger partial charge in [-0.1, -0.05) is 25.5 Å². The molecule has 0 heterocycles. The predicted octanol–water partition coefficient (Wildman–Crippen LogP) is 1.48. The van der Waals surface area contributed by atoms with Gasteiger partial charge in [-0.3, -0.25) is 0 Å². The van der Waals surface area contributed by atoms with E-state index in [9.17, 15) is 0 Å². The number of nitrogens with two attached hydrogens (primary N) is 2. The predicted molar refractivity (Wildman–Crippen MR) is 64.5 cm³/mol. The molecule has 84 valence electrons. The normalized spacial score (nSPS) is 31.4. The smallest absolute Gasteiger partial charge is 0.211 e. The molecule has 0 radical (unpaired) electrons. The fourth-order valence-corrected chi connectivity index (χ4v) is 2.25. The summed E-state index contributed by atoms with van der Waals surface area (Å²) in [5.74, 6) is 1.54. The fraction of sp³-hybridized carbons (Fsp3) is 0.636. The molecule has 0 saturated heterocycles. The van der Waals surface area contributed by atoms with E-state index in [4.69, 9.17) is 11.5 Å². The summed E-state index contributed by atoms with van der Waals surface area (Å²) in [6, 6.07) is 0. The summed E-state index contributed by atoms with van der Waals surface area (Å²) in [6.45, 7) is 6.61. The number of nitrogens with zero attached hydrogens (tertiary/aromatic N) is 2. The fourth-order valence-electron chi connectivity index (χ4n) is 2.25. The average molecular weight is 208 g/mol. The molecule has 0 fully saturated rings. The highest BCUT2D eigenvalue weighted by Gasteiger charge is 2.24. The van der Waals surface area contributed by atoms with Crippen LogP contribution in [0.5, 0.6) is 0 Å². The van der Waals surface area contributed by atoms with Gasteiger partial charge in [0.15, 0.2) is 0 Å². The monoisotopic (exact) mass is 208 g/mol. The summed E-state index contributed by atoms with van der Waals surface area (Å²) in [5, 5.41) is 7.53. The van der Waals surface area contributed by atoms with Crippen LogP contribution in [0.15, 0.2) is 21.9 Å². The topological polar surface area (TPSA) is 76.8 Å². The molecule has 1 rings (SSSR count). The molecule has 0 saturated carbocycles. The van der Waals surface area contributed by atoms with Gasteiger partial charge in [-0.25, -0.2) is 0 Å². The summed E-state index contributed by atoms with van der Waals surface area (Å²) in [6.07, 6.45) is 5.28. The molecule has 4 N–H and O–H groups in total. The summed E-state index contributed by atoms with van der Waals surface area (Å²) >= 11 is 0. The molecule has 0 spiro atoms. The highest BCUT2D eigenvalue weighted by molar-refractivity contribution is 5.76. The van der Waals surface area contributed by atoms with Crippen LogP contribution in [0.4, 0.5) is 0 Å². The SMILES string of the molecule is CC1=C[C@@H](C)[C@H](/C=N\N=C(N)N)[C@H](C)C1. The Morgan fingerprint density at radius 3 is 2.67 bits per heavy atom. The Balaban J connectivity index is 2.70. The lowest BCUT2D eigenvalue weighted by atomic mass is 9.76. The lowest BCUT2D eigenvalue weighted by Crippen LogP contribution is -2.25. The maximum Gasteiger partial charge on any atom is 0.211 e. The van der Waals surface area contributed by atoms with Crippen molar-refractivity contribution in [3.63, 3.8) is 0 Å². The average Bonchev–Trinajstić information content (AvgIpc) is 2.08. The first-order valence-corrected chi connectivity index (χ1v) is 5.30. The minimum absolute atomic E-state index is 0.00842. The third-order valence-corrected chi connectivity index (χ3v) is 2.87. The number of rotatable bonds is 2. The van der Waals surface area contributed by atoms with E-state index in [0.717, 1.165) is 6.42 Å². The van der Waals surface area contributed by atoms with Crippen molar-refractivity contribution >= 4 is 12.2 Å². The molecule has 4 heteroatoms. The Morgan fingerprint density at radius 2 is 2.13 bits per heavy atom. The molecule has 0 aromatic heterocycles. The van der Waals surface area contributed by atoms with Crippen molar-refractivity contribution in [1.29, 1.82) is 0 Å². The molecular formula is C11H20N4. The van der Waals surface area contributed by atoms with Gasteiger partial charge < -0.3 is 11.5 Å². The molecule has 0 aromatic carbocycles. The second-order valence-corrected chi connectivity index (χ2v) is 4.42. The zero-order valence-electron chi connectivity index (χ0n) is 9.64.